The highest BCUT2D eigenvalue weighted by atomic mass is 16.5. The molecule has 0 spiro atoms. The highest BCUT2D eigenvalue weighted by Crippen LogP contribution is 2.43. The van der Waals surface area contributed by atoms with Crippen molar-refractivity contribution in [2.24, 2.45) is 11.3 Å². The smallest absolute Gasteiger partial charge is 0.0655 e. The number of hydrogen-bond donors (Lipinski definition) is 1. The maximum Gasteiger partial charge on any atom is 0.0655 e. The monoisotopic (exact) mass is 239 g/mol. The standard InChI is InChI=1S/C15H29NO/c1-5-17-14-10-13(15(14,3)4)16-11(2)12-8-6-7-9-12/h11-14,16H,5-10H2,1-4H3/t11-,13?,14?/m1/s1. The predicted octanol–water partition coefficient (Wildman–Crippen LogP) is 3.36. The lowest BCUT2D eigenvalue weighted by atomic mass is 9.64. The minimum absolute atomic E-state index is 0.308. The molecule has 0 saturated heterocycles. The van der Waals surface area contributed by atoms with E-state index in [-0.39, 0.29) is 0 Å². The number of hydrogen-bond acceptors (Lipinski definition) is 2. The van der Waals surface area contributed by atoms with Crippen LogP contribution in [0.3, 0.4) is 0 Å². The first-order valence-electron chi connectivity index (χ1n) is 7.43. The van der Waals surface area contributed by atoms with Crippen LogP contribution in [0.1, 0.15) is 59.8 Å². The Bertz CT molecular complexity index is 245. The molecule has 3 atom stereocenters. The lowest BCUT2D eigenvalue weighted by Crippen LogP contribution is -2.63. The van der Waals surface area contributed by atoms with E-state index in [0.29, 0.717) is 23.6 Å². The molecule has 2 unspecified atom stereocenters. The summed E-state index contributed by atoms with van der Waals surface area (Å²) in [4.78, 5) is 0. The van der Waals surface area contributed by atoms with Crippen LogP contribution in [-0.4, -0.2) is 24.8 Å². The minimum Gasteiger partial charge on any atom is -0.378 e. The zero-order chi connectivity index (χ0) is 12.5. The first-order valence-corrected chi connectivity index (χ1v) is 7.43. The third kappa shape index (κ3) is 2.68. The molecule has 2 nitrogen and oxygen atoms in total. The second-order valence-corrected chi connectivity index (χ2v) is 6.55. The topological polar surface area (TPSA) is 21.3 Å². The van der Waals surface area contributed by atoms with Gasteiger partial charge in [-0.3, -0.25) is 0 Å². The molecule has 0 radical (unpaired) electrons. The van der Waals surface area contributed by atoms with Crippen molar-refractivity contribution >= 4 is 0 Å². The van der Waals surface area contributed by atoms with E-state index < -0.39 is 0 Å². The molecule has 100 valence electrons. The van der Waals surface area contributed by atoms with Gasteiger partial charge < -0.3 is 10.1 Å². The third-order valence-corrected chi connectivity index (χ3v) is 5.12. The van der Waals surface area contributed by atoms with Gasteiger partial charge in [-0.15, -0.1) is 0 Å². The Hall–Kier alpha value is -0.0800. The Labute approximate surface area is 107 Å². The van der Waals surface area contributed by atoms with Gasteiger partial charge in [0.2, 0.25) is 0 Å². The van der Waals surface area contributed by atoms with Crippen molar-refractivity contribution in [1.29, 1.82) is 0 Å². The molecule has 1 N–H and O–H groups in total. The van der Waals surface area contributed by atoms with E-state index in [9.17, 15) is 0 Å². The molecule has 2 aliphatic rings. The number of nitrogens with one attached hydrogen (secondary N) is 1. The largest absolute Gasteiger partial charge is 0.378 e. The van der Waals surface area contributed by atoms with Crippen LogP contribution < -0.4 is 5.32 Å². The van der Waals surface area contributed by atoms with Crippen molar-refractivity contribution in [3.05, 3.63) is 0 Å². The van der Waals surface area contributed by atoms with Gasteiger partial charge in [0.15, 0.2) is 0 Å². The normalized spacial score (nSPS) is 34.6. The van der Waals surface area contributed by atoms with E-state index in [1.54, 1.807) is 0 Å². The fourth-order valence-corrected chi connectivity index (χ4v) is 3.56. The Morgan fingerprint density at radius 3 is 2.47 bits per heavy atom. The highest BCUT2D eigenvalue weighted by Gasteiger charge is 2.49. The van der Waals surface area contributed by atoms with Crippen LogP contribution in [0, 0.1) is 11.3 Å². The van der Waals surface area contributed by atoms with Crippen LogP contribution in [0.25, 0.3) is 0 Å². The predicted molar refractivity (Wildman–Crippen MR) is 72.2 cm³/mol. The summed E-state index contributed by atoms with van der Waals surface area (Å²) in [5.41, 5.74) is 0.308. The molecule has 0 bridgehead atoms. The van der Waals surface area contributed by atoms with Crippen molar-refractivity contribution in [2.45, 2.75) is 78.0 Å². The quantitative estimate of drug-likeness (QED) is 0.794. The number of rotatable bonds is 5. The van der Waals surface area contributed by atoms with Crippen LogP contribution >= 0.6 is 0 Å². The first-order chi connectivity index (χ1) is 8.05. The first kappa shape index (κ1) is 13.4. The molecule has 2 rings (SSSR count). The van der Waals surface area contributed by atoms with E-state index in [0.717, 1.165) is 12.5 Å². The van der Waals surface area contributed by atoms with E-state index in [2.05, 4.69) is 33.0 Å². The average molecular weight is 239 g/mol. The second kappa shape index (κ2) is 5.27. The van der Waals surface area contributed by atoms with Gasteiger partial charge in [0.05, 0.1) is 6.10 Å². The molecular weight excluding hydrogens is 210 g/mol. The fraction of sp³-hybridized carbons (Fsp3) is 1.00. The van der Waals surface area contributed by atoms with Gasteiger partial charge in [-0.2, -0.15) is 0 Å². The molecule has 0 amide bonds. The van der Waals surface area contributed by atoms with Crippen LogP contribution in [-0.2, 0) is 4.74 Å². The van der Waals surface area contributed by atoms with Crippen LogP contribution in [0.4, 0.5) is 0 Å². The Kier molecular flexibility index (Phi) is 4.14. The summed E-state index contributed by atoms with van der Waals surface area (Å²) in [6.45, 7) is 10.0. The molecule has 0 aromatic heterocycles. The van der Waals surface area contributed by atoms with Gasteiger partial charge in [0.1, 0.15) is 0 Å². The van der Waals surface area contributed by atoms with Crippen molar-refractivity contribution in [2.75, 3.05) is 6.61 Å². The molecule has 2 saturated carbocycles. The molecule has 0 aromatic rings. The molecule has 0 aromatic carbocycles. The fourth-order valence-electron chi connectivity index (χ4n) is 3.56. The lowest BCUT2D eigenvalue weighted by molar-refractivity contribution is -0.117. The maximum absolute atomic E-state index is 5.79. The molecule has 2 aliphatic carbocycles. The summed E-state index contributed by atoms with van der Waals surface area (Å²) in [7, 11) is 0. The molecule has 2 heteroatoms. The van der Waals surface area contributed by atoms with Crippen LogP contribution in [0.5, 0.6) is 0 Å². The number of ether oxygens (including phenoxy) is 1. The van der Waals surface area contributed by atoms with E-state index in [1.807, 2.05) is 0 Å². The lowest BCUT2D eigenvalue weighted by Gasteiger charge is -2.53. The average Bonchev–Trinajstić information content (AvgIpc) is 2.81. The maximum atomic E-state index is 5.79. The Morgan fingerprint density at radius 2 is 1.94 bits per heavy atom. The Morgan fingerprint density at radius 1 is 1.29 bits per heavy atom. The third-order valence-electron chi connectivity index (χ3n) is 5.12. The van der Waals surface area contributed by atoms with E-state index in [1.165, 1.54) is 32.1 Å². The van der Waals surface area contributed by atoms with Gasteiger partial charge >= 0.3 is 0 Å². The van der Waals surface area contributed by atoms with Gasteiger partial charge in [0, 0.05) is 24.1 Å². The molecule has 0 aliphatic heterocycles. The van der Waals surface area contributed by atoms with Crippen LogP contribution in [0.15, 0.2) is 0 Å². The molecule has 17 heavy (non-hydrogen) atoms. The van der Waals surface area contributed by atoms with E-state index >= 15 is 0 Å². The summed E-state index contributed by atoms with van der Waals surface area (Å²) in [6, 6.07) is 1.33. The highest BCUT2D eigenvalue weighted by molar-refractivity contribution is 5.03. The van der Waals surface area contributed by atoms with Crippen molar-refractivity contribution < 1.29 is 4.74 Å². The second-order valence-electron chi connectivity index (χ2n) is 6.55. The Balaban J connectivity index is 1.80. The molecule has 2 fully saturated rings. The van der Waals surface area contributed by atoms with Gasteiger partial charge in [-0.25, -0.2) is 0 Å². The van der Waals surface area contributed by atoms with Crippen LogP contribution in [0.2, 0.25) is 0 Å². The molecular formula is C15H29NO. The summed E-state index contributed by atoms with van der Waals surface area (Å²) in [6.07, 6.45) is 7.38. The molecule has 0 heterocycles. The summed E-state index contributed by atoms with van der Waals surface area (Å²) in [5, 5.41) is 3.86. The zero-order valence-electron chi connectivity index (χ0n) is 12.0. The van der Waals surface area contributed by atoms with Gasteiger partial charge in [-0.1, -0.05) is 26.7 Å². The van der Waals surface area contributed by atoms with Crippen molar-refractivity contribution in [1.82, 2.24) is 5.32 Å². The van der Waals surface area contributed by atoms with Crippen molar-refractivity contribution in [3.63, 3.8) is 0 Å². The van der Waals surface area contributed by atoms with Gasteiger partial charge in [-0.05, 0) is 39.0 Å². The zero-order valence-corrected chi connectivity index (χ0v) is 12.0. The van der Waals surface area contributed by atoms with Gasteiger partial charge in [0.25, 0.3) is 0 Å². The minimum atomic E-state index is 0.308. The van der Waals surface area contributed by atoms with Crippen molar-refractivity contribution in [3.8, 4) is 0 Å². The van der Waals surface area contributed by atoms with E-state index in [4.69, 9.17) is 4.74 Å². The summed E-state index contributed by atoms with van der Waals surface area (Å²) < 4.78 is 5.79. The summed E-state index contributed by atoms with van der Waals surface area (Å²) >= 11 is 0. The SMILES string of the molecule is CCOC1CC(N[C@H](C)C2CCCC2)C1(C)C. The summed E-state index contributed by atoms with van der Waals surface area (Å²) in [5.74, 6) is 0.914.